The Morgan fingerprint density at radius 2 is 2.09 bits per heavy atom. The summed E-state index contributed by atoms with van der Waals surface area (Å²) in [6.07, 6.45) is 7.28. The Kier molecular flexibility index (Phi) is 4.40. The first-order valence-electron chi connectivity index (χ1n) is 7.77. The van der Waals surface area contributed by atoms with Crippen LogP contribution in [0.25, 0.3) is 0 Å². The minimum absolute atomic E-state index is 0.0748. The number of amides is 1. The molecule has 1 saturated heterocycles. The molecule has 2 aromatic heterocycles. The van der Waals surface area contributed by atoms with Gasteiger partial charge in [-0.15, -0.1) is 0 Å². The number of H-pyrrole nitrogens is 1. The number of nitrogens with zero attached hydrogens (tertiary/aromatic N) is 5. The average Bonchev–Trinajstić information content (AvgIpc) is 3.10. The summed E-state index contributed by atoms with van der Waals surface area (Å²) in [6.45, 7) is 4.33. The first-order chi connectivity index (χ1) is 11.2. The second kappa shape index (κ2) is 6.64. The molecule has 1 fully saturated rings. The lowest BCUT2D eigenvalue weighted by atomic mass is 10.2. The fraction of sp³-hybridized carbons (Fsp3) is 0.467. The van der Waals surface area contributed by atoms with Crippen molar-refractivity contribution in [2.75, 3.05) is 31.1 Å². The molecule has 0 aromatic carbocycles. The molecule has 8 nitrogen and oxygen atoms in total. The molecule has 1 atom stereocenters. The molecule has 0 spiro atoms. The monoisotopic (exact) mass is 316 g/mol. The van der Waals surface area contributed by atoms with E-state index in [2.05, 4.69) is 15.1 Å². The number of hydrogen-bond donors (Lipinski definition) is 1. The number of anilines is 1. The number of nitrogens with one attached hydrogen (secondary N) is 1. The van der Waals surface area contributed by atoms with Crippen molar-refractivity contribution in [2.45, 2.75) is 19.4 Å². The maximum absolute atomic E-state index is 12.7. The van der Waals surface area contributed by atoms with Crippen LogP contribution in [0.5, 0.6) is 0 Å². The van der Waals surface area contributed by atoms with Gasteiger partial charge in [0.15, 0.2) is 5.82 Å². The van der Waals surface area contributed by atoms with E-state index in [1.54, 1.807) is 17.1 Å². The second-order valence-electron chi connectivity index (χ2n) is 5.46. The van der Waals surface area contributed by atoms with Crippen LogP contribution in [-0.4, -0.2) is 56.7 Å². The Bertz CT molecular complexity index is 703. The van der Waals surface area contributed by atoms with Crippen molar-refractivity contribution >= 4 is 11.7 Å². The predicted molar refractivity (Wildman–Crippen MR) is 85.2 cm³/mol. The zero-order valence-corrected chi connectivity index (χ0v) is 13.1. The van der Waals surface area contributed by atoms with E-state index in [9.17, 15) is 9.59 Å². The van der Waals surface area contributed by atoms with Crippen molar-refractivity contribution in [3.63, 3.8) is 0 Å². The number of aromatic nitrogens is 4. The summed E-state index contributed by atoms with van der Waals surface area (Å²) in [7, 11) is 0. The fourth-order valence-electron chi connectivity index (χ4n) is 2.86. The van der Waals surface area contributed by atoms with Crippen molar-refractivity contribution in [1.29, 1.82) is 0 Å². The SMILES string of the molecule is CC[C@@H](C(=O)N1CCN(c2ncc[nH]c2=O)CC1)n1cccn1. The molecule has 1 aliphatic heterocycles. The van der Waals surface area contributed by atoms with Gasteiger partial charge in [0.2, 0.25) is 5.91 Å². The van der Waals surface area contributed by atoms with E-state index in [4.69, 9.17) is 0 Å². The molecule has 1 aliphatic rings. The molecule has 1 amide bonds. The Hall–Kier alpha value is -2.64. The summed E-state index contributed by atoms with van der Waals surface area (Å²) in [6, 6.07) is 1.55. The number of piperazine rings is 1. The summed E-state index contributed by atoms with van der Waals surface area (Å²) in [5.74, 6) is 0.490. The summed E-state index contributed by atoms with van der Waals surface area (Å²) in [5.41, 5.74) is -0.199. The summed E-state index contributed by atoms with van der Waals surface area (Å²) < 4.78 is 1.71. The Labute approximate surface area is 133 Å². The topological polar surface area (TPSA) is 87.1 Å². The van der Waals surface area contributed by atoms with Gasteiger partial charge >= 0.3 is 0 Å². The Morgan fingerprint density at radius 3 is 2.70 bits per heavy atom. The van der Waals surface area contributed by atoms with Gasteiger partial charge < -0.3 is 14.8 Å². The number of rotatable bonds is 4. The molecular formula is C15H20N6O2. The maximum atomic E-state index is 12.7. The minimum atomic E-state index is -0.269. The summed E-state index contributed by atoms with van der Waals surface area (Å²) in [5, 5.41) is 4.18. The smallest absolute Gasteiger partial charge is 0.290 e. The number of carbonyl (C=O) groups is 1. The number of aromatic amines is 1. The van der Waals surface area contributed by atoms with Crippen LogP contribution in [0.4, 0.5) is 5.82 Å². The summed E-state index contributed by atoms with van der Waals surface area (Å²) in [4.78, 5) is 35.0. The van der Waals surface area contributed by atoms with Crippen LogP contribution < -0.4 is 10.5 Å². The average molecular weight is 316 g/mol. The predicted octanol–water partition coefficient (Wildman–Crippen LogP) is 0.266. The van der Waals surface area contributed by atoms with E-state index in [1.165, 1.54) is 6.20 Å². The van der Waals surface area contributed by atoms with Gasteiger partial charge in [-0.25, -0.2) is 4.98 Å². The molecule has 122 valence electrons. The van der Waals surface area contributed by atoms with Gasteiger partial charge in [-0.1, -0.05) is 6.92 Å². The lowest BCUT2D eigenvalue weighted by Crippen LogP contribution is -2.51. The maximum Gasteiger partial charge on any atom is 0.290 e. The zero-order valence-electron chi connectivity index (χ0n) is 13.1. The fourth-order valence-corrected chi connectivity index (χ4v) is 2.86. The van der Waals surface area contributed by atoms with E-state index in [0.29, 0.717) is 38.4 Å². The highest BCUT2D eigenvalue weighted by molar-refractivity contribution is 5.80. The third-order valence-corrected chi connectivity index (χ3v) is 4.10. The molecule has 0 bridgehead atoms. The van der Waals surface area contributed by atoms with E-state index < -0.39 is 0 Å². The van der Waals surface area contributed by atoms with Crippen LogP contribution in [0.3, 0.4) is 0 Å². The van der Waals surface area contributed by atoms with Crippen LogP contribution in [0.15, 0.2) is 35.6 Å². The van der Waals surface area contributed by atoms with Crippen LogP contribution in [-0.2, 0) is 4.79 Å². The van der Waals surface area contributed by atoms with Crippen molar-refractivity contribution in [3.05, 3.63) is 41.2 Å². The third kappa shape index (κ3) is 3.10. The highest BCUT2D eigenvalue weighted by atomic mass is 16.2. The summed E-state index contributed by atoms with van der Waals surface area (Å²) >= 11 is 0. The molecule has 8 heteroatoms. The van der Waals surface area contributed by atoms with Gasteiger partial charge in [-0.3, -0.25) is 14.3 Å². The van der Waals surface area contributed by atoms with Crippen molar-refractivity contribution in [3.8, 4) is 0 Å². The lowest BCUT2D eigenvalue weighted by molar-refractivity contribution is -0.135. The molecule has 0 radical (unpaired) electrons. The first kappa shape index (κ1) is 15.3. The van der Waals surface area contributed by atoms with E-state index in [0.717, 1.165) is 0 Å². The standard InChI is InChI=1S/C15H20N6O2/c1-2-12(21-7-3-4-18-21)15(23)20-10-8-19(9-11-20)13-14(22)17-6-5-16-13/h3-7,12H,2,8-11H2,1H3,(H,17,22)/t12-/m0/s1. The van der Waals surface area contributed by atoms with E-state index >= 15 is 0 Å². The number of carbonyl (C=O) groups excluding carboxylic acids is 1. The highest BCUT2D eigenvalue weighted by Gasteiger charge is 2.28. The van der Waals surface area contributed by atoms with Gasteiger partial charge in [0.1, 0.15) is 6.04 Å². The largest absolute Gasteiger partial charge is 0.348 e. The van der Waals surface area contributed by atoms with Crippen LogP contribution in [0.2, 0.25) is 0 Å². The van der Waals surface area contributed by atoms with Gasteiger partial charge in [-0.2, -0.15) is 5.10 Å². The minimum Gasteiger partial charge on any atom is -0.348 e. The van der Waals surface area contributed by atoms with Crippen molar-refractivity contribution in [1.82, 2.24) is 24.6 Å². The molecule has 23 heavy (non-hydrogen) atoms. The normalized spacial score (nSPS) is 16.4. The van der Waals surface area contributed by atoms with Crippen molar-refractivity contribution in [2.24, 2.45) is 0 Å². The first-order valence-corrected chi connectivity index (χ1v) is 7.77. The molecule has 0 saturated carbocycles. The molecule has 1 N–H and O–H groups in total. The van der Waals surface area contributed by atoms with Crippen LogP contribution in [0, 0.1) is 0 Å². The Balaban J connectivity index is 1.66. The molecular weight excluding hydrogens is 296 g/mol. The van der Waals surface area contributed by atoms with Gasteiger partial charge in [0.05, 0.1) is 0 Å². The molecule has 0 unspecified atom stereocenters. The number of hydrogen-bond acceptors (Lipinski definition) is 5. The Morgan fingerprint density at radius 1 is 1.30 bits per heavy atom. The second-order valence-corrected chi connectivity index (χ2v) is 5.46. The van der Waals surface area contributed by atoms with Gasteiger partial charge in [-0.05, 0) is 12.5 Å². The molecule has 3 heterocycles. The molecule has 2 aromatic rings. The van der Waals surface area contributed by atoms with E-state index in [1.807, 2.05) is 29.0 Å². The van der Waals surface area contributed by atoms with Crippen molar-refractivity contribution < 1.29 is 4.79 Å². The molecule has 0 aliphatic carbocycles. The quantitative estimate of drug-likeness (QED) is 0.874. The van der Waals surface area contributed by atoms with Gasteiger partial charge in [0.25, 0.3) is 5.56 Å². The third-order valence-electron chi connectivity index (χ3n) is 4.10. The lowest BCUT2D eigenvalue weighted by Gasteiger charge is -2.36. The van der Waals surface area contributed by atoms with Gasteiger partial charge in [0, 0.05) is 51.0 Å². The van der Waals surface area contributed by atoms with E-state index in [-0.39, 0.29) is 17.5 Å². The highest BCUT2D eigenvalue weighted by Crippen LogP contribution is 2.16. The van der Waals surface area contributed by atoms with Crippen LogP contribution in [0.1, 0.15) is 19.4 Å². The molecule has 3 rings (SSSR count). The zero-order chi connectivity index (χ0) is 16.2. The van der Waals surface area contributed by atoms with Crippen LogP contribution >= 0.6 is 0 Å².